The normalized spacial score (nSPS) is 33.7. The smallest absolute Gasteiger partial charge is 0.310 e. The van der Waals surface area contributed by atoms with Crippen LogP contribution in [-0.4, -0.2) is 31.3 Å². The van der Waals surface area contributed by atoms with Crippen LogP contribution in [0.3, 0.4) is 0 Å². The van der Waals surface area contributed by atoms with Gasteiger partial charge in [0.15, 0.2) is 8.32 Å². The standard InChI is InChI=1S/C13H25BrO3Si/c1-9-10(14)13(5,17-11(9)15)8-16-18(6,7)12(2,3)4/h9-10H,8H2,1-7H3/t9-,10-,13+/m0/s1. The van der Waals surface area contributed by atoms with Gasteiger partial charge >= 0.3 is 5.97 Å². The minimum atomic E-state index is -1.81. The lowest BCUT2D eigenvalue weighted by Gasteiger charge is -2.39. The van der Waals surface area contributed by atoms with E-state index in [2.05, 4.69) is 49.8 Å². The van der Waals surface area contributed by atoms with Crippen molar-refractivity contribution in [1.29, 1.82) is 0 Å². The second-order valence-electron chi connectivity index (χ2n) is 6.97. The molecule has 1 heterocycles. The molecule has 0 saturated carbocycles. The van der Waals surface area contributed by atoms with Crippen molar-refractivity contribution < 1.29 is 14.0 Å². The van der Waals surface area contributed by atoms with E-state index in [9.17, 15) is 4.79 Å². The third-order valence-corrected chi connectivity index (χ3v) is 10.5. The lowest BCUT2D eigenvalue weighted by Crippen LogP contribution is -2.47. The zero-order valence-corrected chi connectivity index (χ0v) is 15.1. The summed E-state index contributed by atoms with van der Waals surface area (Å²) in [5, 5.41) is 0.166. The van der Waals surface area contributed by atoms with Gasteiger partial charge < -0.3 is 9.16 Å². The van der Waals surface area contributed by atoms with E-state index in [-0.39, 0.29) is 21.8 Å². The molecule has 0 aromatic heterocycles. The largest absolute Gasteiger partial charge is 0.455 e. The van der Waals surface area contributed by atoms with Crippen LogP contribution in [0, 0.1) is 5.92 Å². The molecule has 1 fully saturated rings. The van der Waals surface area contributed by atoms with E-state index < -0.39 is 13.9 Å². The summed E-state index contributed by atoms with van der Waals surface area (Å²) in [5.74, 6) is -0.253. The molecule has 0 aromatic rings. The average Bonchev–Trinajstić information content (AvgIpc) is 2.40. The fraction of sp³-hybridized carbons (Fsp3) is 0.923. The van der Waals surface area contributed by atoms with Gasteiger partial charge in [-0.15, -0.1) is 0 Å². The van der Waals surface area contributed by atoms with Gasteiger partial charge in [-0.3, -0.25) is 4.79 Å². The first kappa shape index (κ1) is 16.2. The van der Waals surface area contributed by atoms with Crippen molar-refractivity contribution in [3.63, 3.8) is 0 Å². The molecule has 5 heteroatoms. The van der Waals surface area contributed by atoms with Crippen LogP contribution >= 0.6 is 15.9 Å². The van der Waals surface area contributed by atoms with Crippen molar-refractivity contribution in [2.24, 2.45) is 5.92 Å². The molecule has 0 aliphatic carbocycles. The van der Waals surface area contributed by atoms with E-state index >= 15 is 0 Å². The Labute approximate surface area is 120 Å². The Bertz CT molecular complexity index is 338. The summed E-state index contributed by atoms with van der Waals surface area (Å²) in [6, 6.07) is 0. The van der Waals surface area contributed by atoms with Crippen molar-refractivity contribution in [2.45, 2.75) is 63.2 Å². The summed E-state index contributed by atoms with van der Waals surface area (Å²) >= 11 is 3.57. The molecule has 0 aromatic carbocycles. The van der Waals surface area contributed by atoms with Gasteiger partial charge in [0.1, 0.15) is 5.60 Å². The fourth-order valence-electron chi connectivity index (χ4n) is 1.68. The molecule has 1 aliphatic rings. The lowest BCUT2D eigenvalue weighted by atomic mass is 9.98. The van der Waals surface area contributed by atoms with Gasteiger partial charge in [-0.05, 0) is 25.1 Å². The molecule has 3 nitrogen and oxygen atoms in total. The van der Waals surface area contributed by atoms with Gasteiger partial charge in [0, 0.05) is 0 Å². The summed E-state index contributed by atoms with van der Waals surface area (Å²) in [5.41, 5.74) is -0.550. The molecule has 0 N–H and O–H groups in total. The van der Waals surface area contributed by atoms with E-state index in [0.717, 1.165) is 0 Å². The Morgan fingerprint density at radius 3 is 2.28 bits per heavy atom. The molecule has 1 aliphatic heterocycles. The Morgan fingerprint density at radius 2 is 1.94 bits per heavy atom. The Balaban J connectivity index is 2.72. The van der Waals surface area contributed by atoms with E-state index in [4.69, 9.17) is 9.16 Å². The highest BCUT2D eigenvalue weighted by molar-refractivity contribution is 9.09. The van der Waals surface area contributed by atoms with Crippen LogP contribution in [0.2, 0.25) is 18.1 Å². The molecule has 106 valence electrons. The molecule has 1 saturated heterocycles. The molecular formula is C13H25BrO3Si. The molecule has 0 spiro atoms. The lowest BCUT2D eigenvalue weighted by molar-refractivity contribution is -0.151. The monoisotopic (exact) mass is 336 g/mol. The zero-order valence-electron chi connectivity index (χ0n) is 12.5. The first-order valence-corrected chi connectivity index (χ1v) is 10.2. The van der Waals surface area contributed by atoms with Crippen molar-refractivity contribution >= 4 is 30.2 Å². The van der Waals surface area contributed by atoms with Gasteiger partial charge in [0.05, 0.1) is 17.4 Å². The number of carbonyl (C=O) groups excluding carboxylic acids is 1. The number of alkyl halides is 1. The van der Waals surface area contributed by atoms with Crippen molar-refractivity contribution in [1.82, 2.24) is 0 Å². The van der Waals surface area contributed by atoms with Gasteiger partial charge in [0.25, 0.3) is 0 Å². The van der Waals surface area contributed by atoms with Gasteiger partial charge in [-0.1, -0.05) is 43.6 Å². The van der Waals surface area contributed by atoms with Crippen LogP contribution in [0.4, 0.5) is 0 Å². The maximum atomic E-state index is 11.6. The Morgan fingerprint density at radius 1 is 1.44 bits per heavy atom. The molecule has 0 amide bonds. The summed E-state index contributed by atoms with van der Waals surface area (Å²) in [7, 11) is -1.81. The van der Waals surface area contributed by atoms with Crippen molar-refractivity contribution in [2.75, 3.05) is 6.61 Å². The van der Waals surface area contributed by atoms with Gasteiger partial charge in [0.2, 0.25) is 0 Å². The number of hydrogen-bond donors (Lipinski definition) is 0. The summed E-state index contributed by atoms with van der Waals surface area (Å²) < 4.78 is 11.7. The Hall–Kier alpha value is 0.127. The van der Waals surface area contributed by atoms with Gasteiger partial charge in [-0.2, -0.15) is 0 Å². The van der Waals surface area contributed by atoms with E-state index in [1.54, 1.807) is 0 Å². The maximum absolute atomic E-state index is 11.6. The highest BCUT2D eigenvalue weighted by atomic mass is 79.9. The van der Waals surface area contributed by atoms with Crippen LogP contribution in [0.15, 0.2) is 0 Å². The van der Waals surface area contributed by atoms with E-state index in [1.807, 2.05) is 13.8 Å². The minimum Gasteiger partial charge on any atom is -0.455 e. The number of ether oxygens (including phenoxy) is 1. The van der Waals surface area contributed by atoms with Gasteiger partial charge in [-0.25, -0.2) is 0 Å². The minimum absolute atomic E-state index is 0.0160. The molecule has 1 rings (SSSR count). The van der Waals surface area contributed by atoms with Crippen LogP contribution in [-0.2, 0) is 14.0 Å². The number of halogens is 1. The molecule has 18 heavy (non-hydrogen) atoms. The molecule has 3 atom stereocenters. The second kappa shape index (κ2) is 4.91. The zero-order chi connectivity index (χ0) is 14.4. The van der Waals surface area contributed by atoms with Crippen molar-refractivity contribution in [3.8, 4) is 0 Å². The first-order valence-electron chi connectivity index (χ1n) is 6.41. The fourth-order valence-corrected chi connectivity index (χ4v) is 3.20. The first-order chi connectivity index (χ1) is 7.91. The molecule has 0 bridgehead atoms. The van der Waals surface area contributed by atoms with E-state index in [1.165, 1.54) is 0 Å². The predicted octanol–water partition coefficient (Wildman–Crippen LogP) is 3.72. The molecule has 0 radical (unpaired) electrons. The van der Waals surface area contributed by atoms with Crippen LogP contribution in [0.1, 0.15) is 34.6 Å². The third-order valence-electron chi connectivity index (χ3n) is 4.25. The number of hydrogen-bond acceptors (Lipinski definition) is 3. The quantitative estimate of drug-likeness (QED) is 0.447. The number of cyclic esters (lactones) is 1. The summed E-state index contributed by atoms with van der Waals surface area (Å²) in [4.78, 5) is 11.6. The highest BCUT2D eigenvalue weighted by Gasteiger charge is 2.51. The third kappa shape index (κ3) is 2.99. The highest BCUT2D eigenvalue weighted by Crippen LogP contribution is 2.41. The van der Waals surface area contributed by atoms with Crippen LogP contribution in [0.5, 0.6) is 0 Å². The SMILES string of the molecule is C[C@@H]1C(=O)O[C@](C)(CO[Si](C)(C)C(C)(C)C)[C@H]1Br. The summed E-state index contributed by atoms with van der Waals surface area (Å²) in [6.45, 7) is 15.3. The number of carbonyl (C=O) groups is 1. The number of esters is 1. The second-order valence-corrected chi connectivity index (χ2v) is 12.8. The number of rotatable bonds is 3. The average molecular weight is 337 g/mol. The van der Waals surface area contributed by atoms with Crippen LogP contribution in [0.25, 0.3) is 0 Å². The topological polar surface area (TPSA) is 35.5 Å². The van der Waals surface area contributed by atoms with Crippen LogP contribution < -0.4 is 0 Å². The van der Waals surface area contributed by atoms with Crippen molar-refractivity contribution in [3.05, 3.63) is 0 Å². The molecule has 0 unspecified atom stereocenters. The Kier molecular flexibility index (Phi) is 4.41. The maximum Gasteiger partial charge on any atom is 0.310 e. The summed E-state index contributed by atoms with van der Waals surface area (Å²) in [6.07, 6.45) is 0. The molecular weight excluding hydrogens is 312 g/mol. The van der Waals surface area contributed by atoms with E-state index in [0.29, 0.717) is 6.61 Å². The predicted molar refractivity (Wildman–Crippen MR) is 79.5 cm³/mol.